The lowest BCUT2D eigenvalue weighted by Gasteiger charge is -2.22. The molecule has 4 heteroatoms. The van der Waals surface area contributed by atoms with E-state index in [-0.39, 0.29) is 10.3 Å². The van der Waals surface area contributed by atoms with E-state index in [1.807, 2.05) is 42.5 Å². The fourth-order valence-electron chi connectivity index (χ4n) is 3.64. The highest BCUT2D eigenvalue weighted by molar-refractivity contribution is 7.90. The summed E-state index contributed by atoms with van der Waals surface area (Å²) in [5.41, 5.74) is 3.81. The molecule has 0 saturated heterocycles. The lowest BCUT2D eigenvalue weighted by Crippen LogP contribution is -2.13. The van der Waals surface area contributed by atoms with Crippen LogP contribution in [0, 0.1) is 0 Å². The minimum Gasteiger partial charge on any atom is -0.241 e. The predicted molar refractivity (Wildman–Crippen MR) is 115 cm³/mol. The highest BCUT2D eigenvalue weighted by Gasteiger charge is 2.24. The van der Waals surface area contributed by atoms with Crippen LogP contribution in [0.1, 0.15) is 26.3 Å². The molecule has 0 fully saturated rings. The first-order valence-electron chi connectivity index (χ1n) is 9.31. The van der Waals surface area contributed by atoms with Crippen molar-refractivity contribution in [2.45, 2.75) is 31.1 Å². The van der Waals surface area contributed by atoms with E-state index in [9.17, 15) is 8.42 Å². The number of rotatable bonds is 3. The third-order valence-corrected chi connectivity index (χ3v) is 6.69. The zero-order chi connectivity index (χ0) is 19.9. The average molecular weight is 390 g/mol. The van der Waals surface area contributed by atoms with E-state index in [0.717, 1.165) is 16.5 Å². The van der Waals surface area contributed by atoms with Crippen LogP contribution in [-0.4, -0.2) is 12.4 Å². The monoisotopic (exact) mass is 389 g/mol. The van der Waals surface area contributed by atoms with Gasteiger partial charge < -0.3 is 0 Å². The van der Waals surface area contributed by atoms with Crippen molar-refractivity contribution >= 4 is 20.9 Å². The second kappa shape index (κ2) is 6.64. The molecule has 3 nitrogen and oxygen atoms in total. The van der Waals surface area contributed by atoms with Crippen molar-refractivity contribution in [2.75, 3.05) is 0 Å². The second-order valence-corrected chi connectivity index (χ2v) is 9.78. The van der Waals surface area contributed by atoms with Crippen LogP contribution in [0.4, 0.5) is 0 Å². The van der Waals surface area contributed by atoms with Crippen molar-refractivity contribution < 1.29 is 8.42 Å². The van der Waals surface area contributed by atoms with Crippen LogP contribution in [0.5, 0.6) is 0 Å². The van der Waals surface area contributed by atoms with E-state index in [4.69, 9.17) is 0 Å². The molecule has 0 atom stereocenters. The van der Waals surface area contributed by atoms with Gasteiger partial charge in [-0.1, -0.05) is 81.4 Å². The van der Waals surface area contributed by atoms with Crippen LogP contribution in [-0.2, 0) is 15.4 Å². The standard InChI is InChI=1S/C24H23NO2S/c1-24(2,3)22-15-9-7-13-19(22)21-17-25(23-16-10-8-14-20(21)23)28(26,27)18-11-5-4-6-12-18/h4-17H,1-3H3. The molecule has 1 aromatic heterocycles. The number of aromatic nitrogens is 1. The molecule has 0 amide bonds. The molecule has 28 heavy (non-hydrogen) atoms. The molecule has 0 aliphatic carbocycles. The van der Waals surface area contributed by atoms with E-state index in [0.29, 0.717) is 5.52 Å². The Hall–Kier alpha value is -2.85. The third kappa shape index (κ3) is 3.04. The van der Waals surface area contributed by atoms with Crippen molar-refractivity contribution in [3.05, 3.63) is 90.6 Å². The van der Waals surface area contributed by atoms with Gasteiger partial charge in [-0.15, -0.1) is 0 Å². The molecule has 0 bridgehead atoms. The molecule has 4 aromatic rings. The van der Waals surface area contributed by atoms with Crippen LogP contribution < -0.4 is 0 Å². The molecule has 4 rings (SSSR count). The molecule has 0 radical (unpaired) electrons. The predicted octanol–water partition coefficient (Wildman–Crippen LogP) is 5.84. The maximum atomic E-state index is 13.3. The number of hydrogen-bond donors (Lipinski definition) is 0. The molecular weight excluding hydrogens is 366 g/mol. The second-order valence-electron chi connectivity index (χ2n) is 7.97. The Balaban J connectivity index is 2.03. The summed E-state index contributed by atoms with van der Waals surface area (Å²) < 4.78 is 28.1. The first-order chi connectivity index (χ1) is 13.3. The Kier molecular flexibility index (Phi) is 4.39. The summed E-state index contributed by atoms with van der Waals surface area (Å²) in [6.07, 6.45) is 1.76. The molecule has 0 aliphatic heterocycles. The van der Waals surface area contributed by atoms with Gasteiger partial charge in [0.1, 0.15) is 0 Å². The molecule has 0 aliphatic rings. The molecule has 1 heterocycles. The van der Waals surface area contributed by atoms with E-state index < -0.39 is 10.0 Å². The number of nitrogens with zero attached hydrogens (tertiary/aromatic N) is 1. The van der Waals surface area contributed by atoms with E-state index in [2.05, 4.69) is 32.9 Å². The van der Waals surface area contributed by atoms with E-state index >= 15 is 0 Å². The molecule has 0 N–H and O–H groups in total. The Bertz CT molecular complexity index is 1250. The highest BCUT2D eigenvalue weighted by Crippen LogP contribution is 2.38. The van der Waals surface area contributed by atoms with E-state index in [1.54, 1.807) is 30.5 Å². The summed E-state index contributed by atoms with van der Waals surface area (Å²) in [5, 5.41) is 0.929. The van der Waals surface area contributed by atoms with Gasteiger partial charge in [-0.05, 0) is 34.7 Å². The molecule has 142 valence electrons. The van der Waals surface area contributed by atoms with Crippen molar-refractivity contribution in [2.24, 2.45) is 0 Å². The van der Waals surface area contributed by atoms with Crippen molar-refractivity contribution in [1.29, 1.82) is 0 Å². The summed E-state index contributed by atoms with van der Waals surface area (Å²) in [6, 6.07) is 24.5. The Morgan fingerprint density at radius 2 is 1.32 bits per heavy atom. The van der Waals surface area contributed by atoms with Gasteiger partial charge in [0.25, 0.3) is 10.0 Å². The third-order valence-electron chi connectivity index (χ3n) is 5.00. The van der Waals surface area contributed by atoms with E-state index in [1.165, 1.54) is 9.54 Å². The Morgan fingerprint density at radius 1 is 0.714 bits per heavy atom. The summed E-state index contributed by atoms with van der Waals surface area (Å²) in [5.74, 6) is 0. The normalized spacial score (nSPS) is 12.4. The minimum absolute atomic E-state index is 0.0574. The molecule has 0 unspecified atom stereocenters. The first kappa shape index (κ1) is 18.5. The van der Waals surface area contributed by atoms with Gasteiger partial charge in [-0.25, -0.2) is 12.4 Å². The van der Waals surface area contributed by atoms with Crippen LogP contribution >= 0.6 is 0 Å². The van der Waals surface area contributed by atoms with Gasteiger partial charge in [0, 0.05) is 17.1 Å². The number of benzene rings is 3. The molecule has 0 spiro atoms. The van der Waals surface area contributed by atoms with Crippen molar-refractivity contribution in [3.8, 4) is 11.1 Å². The van der Waals surface area contributed by atoms with Gasteiger partial charge in [0.05, 0.1) is 10.4 Å². The smallest absolute Gasteiger partial charge is 0.241 e. The fraction of sp³-hybridized carbons (Fsp3) is 0.167. The largest absolute Gasteiger partial charge is 0.268 e. The maximum absolute atomic E-state index is 13.3. The van der Waals surface area contributed by atoms with Gasteiger partial charge >= 0.3 is 0 Å². The summed E-state index contributed by atoms with van der Waals surface area (Å²) in [6.45, 7) is 6.52. The van der Waals surface area contributed by atoms with Crippen LogP contribution in [0.15, 0.2) is 90.0 Å². The van der Waals surface area contributed by atoms with Crippen LogP contribution in [0.3, 0.4) is 0 Å². The van der Waals surface area contributed by atoms with Gasteiger partial charge in [0.2, 0.25) is 0 Å². The van der Waals surface area contributed by atoms with Crippen molar-refractivity contribution in [1.82, 2.24) is 3.97 Å². The summed E-state index contributed by atoms with van der Waals surface area (Å²) >= 11 is 0. The first-order valence-corrected chi connectivity index (χ1v) is 10.7. The summed E-state index contributed by atoms with van der Waals surface area (Å²) in [4.78, 5) is 0.284. The Morgan fingerprint density at radius 3 is 2.04 bits per heavy atom. The lowest BCUT2D eigenvalue weighted by atomic mass is 9.82. The quantitative estimate of drug-likeness (QED) is 0.441. The zero-order valence-corrected chi connectivity index (χ0v) is 17.1. The van der Waals surface area contributed by atoms with Gasteiger partial charge in [0.15, 0.2) is 0 Å². The SMILES string of the molecule is CC(C)(C)c1ccccc1-c1cn(S(=O)(=O)c2ccccc2)c2ccccc12. The van der Waals surface area contributed by atoms with Gasteiger partial charge in [-0.3, -0.25) is 0 Å². The van der Waals surface area contributed by atoms with Gasteiger partial charge in [-0.2, -0.15) is 0 Å². The summed E-state index contributed by atoms with van der Waals surface area (Å²) in [7, 11) is -3.68. The fourth-order valence-corrected chi connectivity index (χ4v) is 5.03. The van der Waals surface area contributed by atoms with Crippen LogP contribution in [0.2, 0.25) is 0 Å². The van der Waals surface area contributed by atoms with Crippen LogP contribution in [0.25, 0.3) is 22.0 Å². The molecular formula is C24H23NO2S. The highest BCUT2D eigenvalue weighted by atomic mass is 32.2. The molecule has 0 saturated carbocycles. The molecule has 3 aromatic carbocycles. The topological polar surface area (TPSA) is 39.1 Å². The zero-order valence-electron chi connectivity index (χ0n) is 16.3. The Labute approximate surface area is 166 Å². The lowest BCUT2D eigenvalue weighted by molar-refractivity contribution is 0.589. The maximum Gasteiger partial charge on any atom is 0.268 e. The average Bonchev–Trinajstić information content (AvgIpc) is 3.08. The number of hydrogen-bond acceptors (Lipinski definition) is 2. The number of fused-ring (bicyclic) bond motifs is 1. The number of para-hydroxylation sites is 1. The minimum atomic E-state index is -3.68. The van der Waals surface area contributed by atoms with Crippen molar-refractivity contribution in [3.63, 3.8) is 0 Å².